The number of carboxylic acid groups (broad SMARTS) is 1. The molecule has 1 aromatic rings. The molecule has 0 aromatic heterocycles. The van der Waals surface area contributed by atoms with Crippen LogP contribution in [0.3, 0.4) is 0 Å². The third kappa shape index (κ3) is 4.35. The van der Waals surface area contributed by atoms with Crippen molar-refractivity contribution in [2.24, 2.45) is 0 Å². The van der Waals surface area contributed by atoms with E-state index in [4.69, 9.17) is 10.4 Å². The molecule has 0 saturated heterocycles. The van der Waals surface area contributed by atoms with E-state index >= 15 is 0 Å². The minimum atomic E-state index is -3.48. The average molecular weight is 282 g/mol. The molecule has 1 aromatic carbocycles. The van der Waals surface area contributed by atoms with Gasteiger partial charge in [-0.25, -0.2) is 17.5 Å². The Balaban J connectivity index is 2.78. The fourth-order valence-corrected chi connectivity index (χ4v) is 2.61. The molecule has 0 aliphatic rings. The summed E-state index contributed by atoms with van der Waals surface area (Å²) in [7, 11) is -2.07. The van der Waals surface area contributed by atoms with Crippen molar-refractivity contribution in [2.45, 2.75) is 12.2 Å². The molecule has 7 heteroatoms. The van der Waals surface area contributed by atoms with Crippen molar-refractivity contribution in [2.75, 3.05) is 13.6 Å². The van der Waals surface area contributed by atoms with Crippen LogP contribution in [0.25, 0.3) is 0 Å². The smallest absolute Gasteiger partial charge is 0.335 e. The van der Waals surface area contributed by atoms with Crippen LogP contribution in [0.15, 0.2) is 24.3 Å². The molecule has 0 atom stereocenters. The summed E-state index contributed by atoms with van der Waals surface area (Å²) in [6.07, 6.45) is 0.133. The second-order valence-electron chi connectivity index (χ2n) is 3.99. The Labute approximate surface area is 111 Å². The lowest BCUT2D eigenvalue weighted by Gasteiger charge is -2.15. The van der Waals surface area contributed by atoms with Crippen molar-refractivity contribution in [3.05, 3.63) is 35.4 Å². The molecule has 19 heavy (non-hydrogen) atoms. The van der Waals surface area contributed by atoms with Crippen LogP contribution in [0.4, 0.5) is 0 Å². The number of nitrogens with zero attached hydrogens (tertiary/aromatic N) is 2. The van der Waals surface area contributed by atoms with Gasteiger partial charge in [0.1, 0.15) is 0 Å². The largest absolute Gasteiger partial charge is 0.478 e. The van der Waals surface area contributed by atoms with Crippen molar-refractivity contribution in [3.8, 4) is 6.07 Å². The van der Waals surface area contributed by atoms with Crippen LogP contribution in [0.1, 0.15) is 22.3 Å². The van der Waals surface area contributed by atoms with Crippen LogP contribution in [-0.4, -0.2) is 37.4 Å². The number of carboxylic acids is 1. The maximum Gasteiger partial charge on any atom is 0.335 e. The van der Waals surface area contributed by atoms with Crippen molar-refractivity contribution in [1.82, 2.24) is 4.31 Å². The van der Waals surface area contributed by atoms with Crippen LogP contribution in [0.5, 0.6) is 0 Å². The molecule has 0 unspecified atom stereocenters. The topological polar surface area (TPSA) is 98.5 Å². The van der Waals surface area contributed by atoms with Gasteiger partial charge in [-0.2, -0.15) is 5.26 Å². The van der Waals surface area contributed by atoms with E-state index in [9.17, 15) is 13.2 Å². The lowest BCUT2D eigenvalue weighted by Crippen LogP contribution is -2.29. The van der Waals surface area contributed by atoms with E-state index in [2.05, 4.69) is 0 Å². The van der Waals surface area contributed by atoms with Gasteiger partial charge in [0.05, 0.1) is 17.4 Å². The Morgan fingerprint density at radius 3 is 2.42 bits per heavy atom. The lowest BCUT2D eigenvalue weighted by atomic mass is 10.1. The fraction of sp³-hybridized carbons (Fsp3) is 0.333. The van der Waals surface area contributed by atoms with Gasteiger partial charge in [-0.1, -0.05) is 12.1 Å². The van der Waals surface area contributed by atoms with E-state index in [1.807, 2.05) is 6.07 Å². The monoisotopic (exact) mass is 282 g/mol. The molecule has 1 rings (SSSR count). The van der Waals surface area contributed by atoms with E-state index in [-0.39, 0.29) is 24.3 Å². The lowest BCUT2D eigenvalue weighted by molar-refractivity contribution is 0.0697. The maximum absolute atomic E-state index is 11.9. The van der Waals surface area contributed by atoms with Crippen LogP contribution in [0, 0.1) is 11.3 Å². The summed E-state index contributed by atoms with van der Waals surface area (Å²) in [5.74, 6) is -1.27. The number of sulfonamides is 1. The van der Waals surface area contributed by atoms with Gasteiger partial charge in [0.25, 0.3) is 0 Å². The predicted octanol–water partition coefficient (Wildman–Crippen LogP) is 1.06. The first-order valence-corrected chi connectivity index (χ1v) is 7.11. The van der Waals surface area contributed by atoms with Gasteiger partial charge < -0.3 is 5.11 Å². The number of carbonyl (C=O) groups is 1. The molecule has 0 fully saturated rings. The van der Waals surface area contributed by atoms with E-state index < -0.39 is 16.0 Å². The first kappa shape index (κ1) is 15.1. The number of benzene rings is 1. The Morgan fingerprint density at radius 2 is 1.95 bits per heavy atom. The molecule has 102 valence electrons. The fourth-order valence-electron chi connectivity index (χ4n) is 1.41. The number of hydrogen-bond acceptors (Lipinski definition) is 4. The first-order chi connectivity index (χ1) is 8.86. The van der Waals surface area contributed by atoms with Gasteiger partial charge in [-0.05, 0) is 17.7 Å². The Bertz CT molecular complexity index is 587. The summed E-state index contributed by atoms with van der Waals surface area (Å²) in [4.78, 5) is 10.7. The normalized spacial score (nSPS) is 11.2. The zero-order valence-corrected chi connectivity index (χ0v) is 11.2. The molecule has 0 heterocycles. The third-order valence-electron chi connectivity index (χ3n) is 2.56. The molecule has 0 bridgehead atoms. The minimum Gasteiger partial charge on any atom is -0.478 e. The van der Waals surface area contributed by atoms with E-state index in [0.717, 1.165) is 4.31 Å². The molecule has 0 amide bonds. The zero-order chi connectivity index (χ0) is 14.5. The van der Waals surface area contributed by atoms with Crippen molar-refractivity contribution in [1.29, 1.82) is 5.26 Å². The third-order valence-corrected chi connectivity index (χ3v) is 4.39. The summed E-state index contributed by atoms with van der Waals surface area (Å²) in [6, 6.07) is 7.55. The van der Waals surface area contributed by atoms with Crippen molar-refractivity contribution >= 4 is 16.0 Å². The second kappa shape index (κ2) is 6.31. The standard InChI is InChI=1S/C12H14N2O4S/c1-14(8-2-7-13)19(17,18)9-10-3-5-11(6-4-10)12(15)16/h3-6H,2,8-9H2,1H3,(H,15,16). The number of aromatic carboxylic acids is 1. The SMILES string of the molecule is CN(CCC#N)S(=O)(=O)Cc1ccc(C(=O)O)cc1. The molecule has 1 N–H and O–H groups in total. The van der Waals surface area contributed by atoms with Gasteiger partial charge in [0, 0.05) is 20.0 Å². The summed E-state index contributed by atoms with van der Waals surface area (Å²) in [5, 5.41) is 17.2. The maximum atomic E-state index is 11.9. The molecule has 0 aliphatic heterocycles. The highest BCUT2D eigenvalue weighted by molar-refractivity contribution is 7.88. The highest BCUT2D eigenvalue weighted by atomic mass is 32.2. The summed E-state index contributed by atoms with van der Waals surface area (Å²) in [5.41, 5.74) is 0.618. The molecular formula is C12H14N2O4S. The van der Waals surface area contributed by atoms with Gasteiger partial charge in [-0.15, -0.1) is 0 Å². The molecule has 0 radical (unpaired) electrons. The van der Waals surface area contributed by atoms with Gasteiger partial charge in [-0.3, -0.25) is 0 Å². The molecule has 0 spiro atoms. The Hall–Kier alpha value is -1.91. The van der Waals surface area contributed by atoms with Crippen molar-refractivity contribution < 1.29 is 18.3 Å². The van der Waals surface area contributed by atoms with Crippen molar-refractivity contribution in [3.63, 3.8) is 0 Å². The molecular weight excluding hydrogens is 268 g/mol. The zero-order valence-electron chi connectivity index (χ0n) is 10.4. The van der Waals surface area contributed by atoms with E-state index in [1.54, 1.807) is 0 Å². The van der Waals surface area contributed by atoms with Crippen LogP contribution in [-0.2, 0) is 15.8 Å². The average Bonchev–Trinajstić information content (AvgIpc) is 2.36. The number of nitriles is 1. The van der Waals surface area contributed by atoms with Gasteiger partial charge in [0.2, 0.25) is 10.0 Å². The highest BCUT2D eigenvalue weighted by Gasteiger charge is 2.18. The van der Waals surface area contributed by atoms with Crippen LogP contribution in [0.2, 0.25) is 0 Å². The highest BCUT2D eigenvalue weighted by Crippen LogP contribution is 2.11. The number of rotatable bonds is 6. The summed E-state index contributed by atoms with van der Waals surface area (Å²) < 4.78 is 25.0. The molecule has 6 nitrogen and oxygen atoms in total. The first-order valence-electron chi connectivity index (χ1n) is 5.50. The van der Waals surface area contributed by atoms with Gasteiger partial charge >= 0.3 is 5.97 Å². The number of hydrogen-bond donors (Lipinski definition) is 1. The van der Waals surface area contributed by atoms with E-state index in [0.29, 0.717) is 5.56 Å². The summed E-state index contributed by atoms with van der Waals surface area (Å²) in [6.45, 7) is 0.145. The second-order valence-corrected chi connectivity index (χ2v) is 6.06. The van der Waals surface area contributed by atoms with Crippen LogP contribution < -0.4 is 0 Å². The molecule has 0 aliphatic carbocycles. The van der Waals surface area contributed by atoms with Gasteiger partial charge in [0.15, 0.2) is 0 Å². The van der Waals surface area contributed by atoms with Crippen LogP contribution >= 0.6 is 0 Å². The Kier molecular flexibility index (Phi) is 5.03. The minimum absolute atomic E-state index is 0.110. The predicted molar refractivity (Wildman–Crippen MR) is 68.9 cm³/mol. The van der Waals surface area contributed by atoms with E-state index in [1.165, 1.54) is 31.3 Å². The molecule has 0 saturated carbocycles. The quantitative estimate of drug-likeness (QED) is 0.841. The summed E-state index contributed by atoms with van der Waals surface area (Å²) >= 11 is 0. The Morgan fingerprint density at radius 1 is 1.37 bits per heavy atom.